The maximum absolute atomic E-state index is 14.6. The van der Waals surface area contributed by atoms with Gasteiger partial charge >= 0.3 is 11.9 Å². The Kier molecular flexibility index (Phi) is 13.3. The summed E-state index contributed by atoms with van der Waals surface area (Å²) in [5.41, 5.74) is -0.731. The summed E-state index contributed by atoms with van der Waals surface area (Å²) in [5, 5.41) is 36.7. The number of hydrogen-bond acceptors (Lipinski definition) is 10. The summed E-state index contributed by atoms with van der Waals surface area (Å²) < 4.78 is 18.2. The van der Waals surface area contributed by atoms with Crippen LogP contribution in [0.4, 0.5) is 0 Å². The van der Waals surface area contributed by atoms with E-state index in [1.807, 2.05) is 12.1 Å². The Hall–Kier alpha value is -2.89. The SMILES string of the molecule is COc1cc(CC2([C@@H](C[C@H](OC(C)=O)[C@H](CCCO)CC[C@H](C)O)OC(=O)[C@]34CCCC[C@H]3CCC(=O)N4)CCNCC2)ccc1O. The third-order valence-corrected chi connectivity index (χ3v) is 10.8. The molecular formula is C36H56N2O9. The van der Waals surface area contributed by atoms with E-state index < -0.39 is 41.2 Å². The van der Waals surface area contributed by atoms with Crippen molar-refractivity contribution in [1.82, 2.24) is 10.6 Å². The number of nitrogens with one attached hydrogen (secondary N) is 2. The number of piperidine rings is 2. The smallest absolute Gasteiger partial charge is 0.332 e. The summed E-state index contributed by atoms with van der Waals surface area (Å²) in [7, 11) is 1.51. The molecule has 2 heterocycles. The van der Waals surface area contributed by atoms with Crippen molar-refractivity contribution in [3.63, 3.8) is 0 Å². The Morgan fingerprint density at radius 2 is 1.83 bits per heavy atom. The van der Waals surface area contributed by atoms with Crippen molar-refractivity contribution in [1.29, 1.82) is 0 Å². The molecule has 264 valence electrons. The maximum Gasteiger partial charge on any atom is 0.332 e. The van der Waals surface area contributed by atoms with E-state index >= 15 is 0 Å². The van der Waals surface area contributed by atoms with Crippen LogP contribution in [0.3, 0.4) is 0 Å². The molecule has 5 N–H and O–H groups in total. The molecule has 1 amide bonds. The molecule has 11 heteroatoms. The molecule has 0 unspecified atom stereocenters. The molecular weight excluding hydrogens is 604 g/mol. The van der Waals surface area contributed by atoms with Crippen LogP contribution in [0.15, 0.2) is 18.2 Å². The number of phenolic OH excluding ortho intramolecular Hbond substituents is 1. The van der Waals surface area contributed by atoms with Gasteiger partial charge < -0.3 is 40.2 Å². The standard InChI is InChI=1S/C36H56N2O9/c1-24(40)9-11-27(7-6-20-39)30(46-25(2)41)22-32(47-34(44)36-15-5-4-8-28(36)12-14-33(43)38-36)35(16-18-37-19-17-35)23-26-10-13-29(42)31(21-26)45-3/h10,13,21,24,27-28,30,32,37,39-40,42H,4-9,11-12,14-20,22-23H2,1-3H3,(H,38,43)/t24-,27+,28-,30-,32+,36-/m0/s1. The number of hydrogen-bond donors (Lipinski definition) is 5. The van der Waals surface area contributed by atoms with Gasteiger partial charge in [0.05, 0.1) is 13.2 Å². The Labute approximate surface area is 279 Å². The molecule has 6 atom stereocenters. The highest BCUT2D eigenvalue weighted by Crippen LogP contribution is 2.46. The molecule has 0 radical (unpaired) electrons. The van der Waals surface area contributed by atoms with Crippen molar-refractivity contribution in [2.24, 2.45) is 17.3 Å². The zero-order valence-corrected chi connectivity index (χ0v) is 28.4. The van der Waals surface area contributed by atoms with Gasteiger partial charge in [0.15, 0.2) is 11.5 Å². The van der Waals surface area contributed by atoms with Gasteiger partial charge in [-0.1, -0.05) is 18.9 Å². The van der Waals surface area contributed by atoms with E-state index in [4.69, 9.17) is 14.2 Å². The van der Waals surface area contributed by atoms with Gasteiger partial charge in [0, 0.05) is 31.8 Å². The number of esters is 2. The number of aliphatic hydroxyl groups excluding tert-OH is 2. The number of carbonyl (C=O) groups excluding carboxylic acids is 3. The molecule has 1 aromatic rings. The Bertz CT molecular complexity index is 1200. The monoisotopic (exact) mass is 660 g/mol. The van der Waals surface area contributed by atoms with Crippen molar-refractivity contribution >= 4 is 17.8 Å². The van der Waals surface area contributed by atoms with Crippen LogP contribution in [-0.2, 0) is 30.3 Å². The normalized spacial score (nSPS) is 25.0. The van der Waals surface area contributed by atoms with E-state index in [1.54, 1.807) is 13.0 Å². The van der Waals surface area contributed by atoms with Gasteiger partial charge in [-0.05, 0) is 114 Å². The van der Waals surface area contributed by atoms with Gasteiger partial charge in [-0.2, -0.15) is 0 Å². The fourth-order valence-corrected chi connectivity index (χ4v) is 8.26. The van der Waals surface area contributed by atoms with E-state index in [1.165, 1.54) is 14.0 Å². The predicted octanol–water partition coefficient (Wildman–Crippen LogP) is 3.94. The van der Waals surface area contributed by atoms with Gasteiger partial charge in [0.25, 0.3) is 0 Å². The van der Waals surface area contributed by atoms with Crippen molar-refractivity contribution in [2.75, 3.05) is 26.8 Å². The summed E-state index contributed by atoms with van der Waals surface area (Å²) in [4.78, 5) is 39.9. The number of rotatable bonds is 16. The molecule has 11 nitrogen and oxygen atoms in total. The number of carbonyl (C=O) groups is 3. The van der Waals surface area contributed by atoms with E-state index in [9.17, 15) is 29.7 Å². The highest BCUT2D eigenvalue weighted by atomic mass is 16.6. The third kappa shape index (κ3) is 9.38. The van der Waals surface area contributed by atoms with E-state index in [-0.39, 0.29) is 36.5 Å². The number of phenols is 1. The van der Waals surface area contributed by atoms with Gasteiger partial charge in [0.2, 0.25) is 5.91 Å². The number of aromatic hydroxyl groups is 1. The lowest BCUT2D eigenvalue weighted by Gasteiger charge is -2.49. The molecule has 2 aliphatic heterocycles. The largest absolute Gasteiger partial charge is 0.504 e. The van der Waals surface area contributed by atoms with Crippen LogP contribution in [0, 0.1) is 17.3 Å². The van der Waals surface area contributed by atoms with Gasteiger partial charge in [-0.25, -0.2) is 4.79 Å². The lowest BCUT2D eigenvalue weighted by atomic mass is 9.67. The van der Waals surface area contributed by atoms with E-state index in [0.717, 1.165) is 24.8 Å². The highest BCUT2D eigenvalue weighted by molar-refractivity contribution is 5.90. The second kappa shape index (κ2) is 17.0. The summed E-state index contributed by atoms with van der Waals surface area (Å²) in [5.74, 6) is -0.783. The Morgan fingerprint density at radius 1 is 1.06 bits per heavy atom. The molecule has 0 aromatic heterocycles. The fraction of sp³-hybridized carbons (Fsp3) is 0.750. The number of methoxy groups -OCH3 is 1. The van der Waals surface area contributed by atoms with Gasteiger partial charge in [0.1, 0.15) is 17.7 Å². The summed E-state index contributed by atoms with van der Waals surface area (Å²) in [6, 6.07) is 5.27. The lowest BCUT2D eigenvalue weighted by molar-refractivity contribution is -0.179. The topological polar surface area (TPSA) is 164 Å². The number of amides is 1. The van der Waals surface area contributed by atoms with Crippen molar-refractivity contribution in [2.45, 2.75) is 128 Å². The molecule has 3 fully saturated rings. The van der Waals surface area contributed by atoms with Crippen LogP contribution in [0.25, 0.3) is 0 Å². The minimum absolute atomic E-state index is 0.0000400. The van der Waals surface area contributed by atoms with Crippen LogP contribution < -0.4 is 15.4 Å². The van der Waals surface area contributed by atoms with Crippen molar-refractivity contribution < 1.29 is 43.9 Å². The van der Waals surface area contributed by atoms with Crippen LogP contribution >= 0.6 is 0 Å². The molecule has 0 spiro atoms. The average Bonchev–Trinajstić information content (AvgIpc) is 3.05. The van der Waals surface area contributed by atoms with Crippen molar-refractivity contribution in [3.8, 4) is 11.5 Å². The van der Waals surface area contributed by atoms with E-state index in [2.05, 4.69) is 10.6 Å². The first-order valence-electron chi connectivity index (χ1n) is 17.6. The van der Waals surface area contributed by atoms with Gasteiger partial charge in [-0.3, -0.25) is 9.59 Å². The number of benzene rings is 1. The van der Waals surface area contributed by atoms with Crippen LogP contribution in [-0.4, -0.2) is 83.8 Å². The molecule has 3 aliphatic rings. The summed E-state index contributed by atoms with van der Waals surface area (Å²) in [6.45, 7) is 4.48. The number of fused-ring (bicyclic) bond motifs is 1. The molecule has 4 rings (SSSR count). The first-order valence-corrected chi connectivity index (χ1v) is 17.6. The Balaban J connectivity index is 1.77. The molecule has 1 aliphatic carbocycles. The van der Waals surface area contributed by atoms with Crippen LogP contribution in [0.5, 0.6) is 11.5 Å². The fourth-order valence-electron chi connectivity index (χ4n) is 8.26. The minimum Gasteiger partial charge on any atom is -0.504 e. The van der Waals surface area contributed by atoms with Crippen molar-refractivity contribution in [3.05, 3.63) is 23.8 Å². The second-order valence-electron chi connectivity index (χ2n) is 14.1. The zero-order valence-electron chi connectivity index (χ0n) is 28.4. The summed E-state index contributed by atoms with van der Waals surface area (Å²) in [6.07, 6.45) is 6.65. The molecule has 2 saturated heterocycles. The van der Waals surface area contributed by atoms with Gasteiger partial charge in [-0.15, -0.1) is 0 Å². The lowest BCUT2D eigenvalue weighted by Crippen LogP contribution is -2.65. The number of ether oxygens (including phenoxy) is 3. The van der Waals surface area contributed by atoms with Crippen LogP contribution in [0.1, 0.15) is 103 Å². The van der Waals surface area contributed by atoms with Crippen LogP contribution in [0.2, 0.25) is 0 Å². The molecule has 1 saturated carbocycles. The zero-order chi connectivity index (χ0) is 34.0. The quantitative estimate of drug-likeness (QED) is 0.164. The molecule has 1 aromatic carbocycles. The highest BCUT2D eigenvalue weighted by Gasteiger charge is 2.54. The second-order valence-corrected chi connectivity index (χ2v) is 14.1. The maximum atomic E-state index is 14.6. The molecule has 47 heavy (non-hydrogen) atoms. The molecule has 0 bridgehead atoms. The first kappa shape index (κ1) is 36.9. The van der Waals surface area contributed by atoms with E-state index in [0.29, 0.717) is 83.0 Å². The Morgan fingerprint density at radius 3 is 2.51 bits per heavy atom. The average molecular weight is 661 g/mol. The third-order valence-electron chi connectivity index (χ3n) is 10.8. The first-order chi connectivity index (χ1) is 22.5. The number of aliphatic hydroxyl groups is 2. The predicted molar refractivity (Wildman–Crippen MR) is 176 cm³/mol. The minimum atomic E-state index is -1.08. The summed E-state index contributed by atoms with van der Waals surface area (Å²) >= 11 is 0.